The fourth-order valence-electron chi connectivity index (χ4n) is 1.47. The van der Waals surface area contributed by atoms with Crippen molar-refractivity contribution in [3.05, 3.63) is 33.8 Å². The summed E-state index contributed by atoms with van der Waals surface area (Å²) in [5, 5.41) is 9.85. The van der Waals surface area contributed by atoms with Gasteiger partial charge in [-0.05, 0) is 25.8 Å². The van der Waals surface area contributed by atoms with Crippen molar-refractivity contribution in [3.8, 4) is 12.8 Å². The second-order valence-corrected chi connectivity index (χ2v) is 5.08. The number of aromatic nitrogens is 1. The van der Waals surface area contributed by atoms with Crippen LogP contribution in [0.4, 0.5) is 13.2 Å². The molecule has 0 bridgehead atoms. The van der Waals surface area contributed by atoms with Crippen molar-refractivity contribution in [2.24, 2.45) is 0 Å². The molecule has 6 heteroatoms. The molecule has 0 saturated carbocycles. The SMILES string of the molecule is C#C.C/C=C(\C/C=C\CC(F)(F)F)c1nc(C)c(CO)s1. The van der Waals surface area contributed by atoms with Gasteiger partial charge in [0.05, 0.1) is 23.6 Å². The average Bonchev–Trinajstić information content (AvgIpc) is 2.81. The maximum atomic E-state index is 12.0. The van der Waals surface area contributed by atoms with Crippen molar-refractivity contribution >= 4 is 16.9 Å². The predicted octanol–water partition coefficient (Wildman–Crippen LogP) is 4.50. The summed E-state index contributed by atoms with van der Waals surface area (Å²) in [6.45, 7) is 3.56. The minimum Gasteiger partial charge on any atom is -0.391 e. The van der Waals surface area contributed by atoms with E-state index in [1.807, 2.05) is 13.0 Å². The quantitative estimate of drug-likeness (QED) is 0.641. The smallest absolute Gasteiger partial charge is 0.391 e. The Labute approximate surface area is 127 Å². The van der Waals surface area contributed by atoms with E-state index in [0.717, 1.165) is 27.2 Å². The Morgan fingerprint density at radius 2 is 1.95 bits per heavy atom. The summed E-state index contributed by atoms with van der Waals surface area (Å²) in [7, 11) is 0. The van der Waals surface area contributed by atoms with Crippen LogP contribution in [-0.2, 0) is 6.61 Å². The molecule has 0 saturated heterocycles. The van der Waals surface area contributed by atoms with Gasteiger partial charge in [0.25, 0.3) is 0 Å². The number of aryl methyl sites for hydroxylation is 1. The van der Waals surface area contributed by atoms with Gasteiger partial charge in [-0.1, -0.05) is 18.2 Å². The second kappa shape index (κ2) is 9.37. The molecule has 1 heterocycles. The second-order valence-electron chi connectivity index (χ2n) is 3.99. The molecule has 1 N–H and O–H groups in total. The molecule has 0 aliphatic carbocycles. The van der Waals surface area contributed by atoms with Gasteiger partial charge in [0, 0.05) is 0 Å². The van der Waals surface area contributed by atoms with Crippen LogP contribution in [0.25, 0.3) is 5.57 Å². The number of halogens is 3. The highest BCUT2D eigenvalue weighted by molar-refractivity contribution is 7.12. The molecule has 0 fully saturated rings. The topological polar surface area (TPSA) is 33.1 Å². The number of hydrogen-bond donors (Lipinski definition) is 1. The first kappa shape index (κ1) is 19.4. The van der Waals surface area contributed by atoms with Crippen LogP contribution in [0.15, 0.2) is 18.2 Å². The summed E-state index contributed by atoms with van der Waals surface area (Å²) in [5.74, 6) is 0. The normalized spacial score (nSPS) is 12.3. The van der Waals surface area contributed by atoms with Crippen LogP contribution < -0.4 is 0 Å². The Kier molecular flexibility index (Phi) is 8.67. The van der Waals surface area contributed by atoms with Crippen molar-refractivity contribution in [2.45, 2.75) is 39.5 Å². The molecule has 1 aromatic heterocycles. The Hall–Kier alpha value is -1.58. The van der Waals surface area contributed by atoms with E-state index >= 15 is 0 Å². The minimum absolute atomic E-state index is 0.0651. The number of allylic oxidation sites excluding steroid dienone is 4. The number of terminal acetylenes is 1. The molecule has 0 aliphatic rings. The van der Waals surface area contributed by atoms with Gasteiger partial charge in [-0.2, -0.15) is 13.2 Å². The summed E-state index contributed by atoms with van der Waals surface area (Å²) >= 11 is 1.37. The van der Waals surface area contributed by atoms with Crippen molar-refractivity contribution in [1.29, 1.82) is 0 Å². The molecule has 1 rings (SSSR count). The minimum atomic E-state index is -4.16. The summed E-state index contributed by atoms with van der Waals surface area (Å²) < 4.78 is 35.9. The third kappa shape index (κ3) is 7.11. The van der Waals surface area contributed by atoms with Crippen LogP contribution in [0.2, 0.25) is 0 Å². The van der Waals surface area contributed by atoms with Gasteiger partial charge < -0.3 is 5.11 Å². The van der Waals surface area contributed by atoms with Crippen LogP contribution in [0.5, 0.6) is 0 Å². The fourth-order valence-corrected chi connectivity index (χ4v) is 2.47. The average molecular weight is 317 g/mol. The lowest BCUT2D eigenvalue weighted by molar-refractivity contribution is -0.125. The molecule has 21 heavy (non-hydrogen) atoms. The number of nitrogens with zero attached hydrogens (tertiary/aromatic N) is 1. The van der Waals surface area contributed by atoms with E-state index in [1.54, 1.807) is 6.92 Å². The Morgan fingerprint density at radius 3 is 2.38 bits per heavy atom. The Bertz CT molecular complexity index is 513. The predicted molar refractivity (Wildman–Crippen MR) is 80.7 cm³/mol. The van der Waals surface area contributed by atoms with Crippen molar-refractivity contribution in [1.82, 2.24) is 4.98 Å². The summed E-state index contributed by atoms with van der Waals surface area (Å²) in [5.41, 5.74) is 1.63. The zero-order valence-corrected chi connectivity index (χ0v) is 12.8. The highest BCUT2D eigenvalue weighted by Crippen LogP contribution is 2.27. The summed E-state index contributed by atoms with van der Waals surface area (Å²) in [6.07, 6.45) is 7.79. The Balaban J connectivity index is 0.00000191. The number of rotatable bonds is 5. The molecule has 0 atom stereocenters. The van der Waals surface area contributed by atoms with Crippen LogP contribution in [0.1, 0.15) is 35.3 Å². The van der Waals surface area contributed by atoms with Crippen LogP contribution in [-0.4, -0.2) is 16.3 Å². The molecule has 1 aromatic rings. The molecule has 0 radical (unpaired) electrons. The molecular weight excluding hydrogens is 299 g/mol. The van der Waals surface area contributed by atoms with Gasteiger partial charge in [0.15, 0.2) is 0 Å². The van der Waals surface area contributed by atoms with E-state index in [2.05, 4.69) is 17.8 Å². The lowest BCUT2D eigenvalue weighted by Gasteiger charge is -2.01. The van der Waals surface area contributed by atoms with Gasteiger partial charge in [-0.3, -0.25) is 0 Å². The molecule has 0 unspecified atom stereocenters. The third-order valence-corrected chi connectivity index (χ3v) is 3.73. The number of aliphatic hydroxyl groups is 1. The molecular formula is C15H18F3NOS. The highest BCUT2D eigenvalue weighted by atomic mass is 32.1. The maximum Gasteiger partial charge on any atom is 0.392 e. The van der Waals surface area contributed by atoms with E-state index in [-0.39, 0.29) is 6.61 Å². The number of aliphatic hydroxyl groups excluding tert-OH is 1. The largest absolute Gasteiger partial charge is 0.392 e. The highest BCUT2D eigenvalue weighted by Gasteiger charge is 2.24. The van der Waals surface area contributed by atoms with Gasteiger partial charge >= 0.3 is 6.18 Å². The number of thiazole rings is 1. The molecule has 0 amide bonds. The van der Waals surface area contributed by atoms with E-state index in [1.165, 1.54) is 17.4 Å². The maximum absolute atomic E-state index is 12.0. The molecule has 0 aromatic carbocycles. The van der Waals surface area contributed by atoms with E-state index in [4.69, 9.17) is 5.11 Å². The van der Waals surface area contributed by atoms with Crippen molar-refractivity contribution in [2.75, 3.05) is 0 Å². The lowest BCUT2D eigenvalue weighted by atomic mass is 10.1. The van der Waals surface area contributed by atoms with Crippen LogP contribution in [0.3, 0.4) is 0 Å². The van der Waals surface area contributed by atoms with Gasteiger partial charge in [0.1, 0.15) is 5.01 Å². The monoisotopic (exact) mass is 317 g/mol. The Morgan fingerprint density at radius 1 is 1.33 bits per heavy atom. The van der Waals surface area contributed by atoms with Crippen LogP contribution in [0, 0.1) is 19.8 Å². The third-order valence-electron chi connectivity index (χ3n) is 2.51. The van der Waals surface area contributed by atoms with Gasteiger partial charge in [-0.15, -0.1) is 24.2 Å². The molecule has 2 nitrogen and oxygen atoms in total. The van der Waals surface area contributed by atoms with Crippen molar-refractivity contribution in [3.63, 3.8) is 0 Å². The van der Waals surface area contributed by atoms with E-state index in [0.29, 0.717) is 6.42 Å². The lowest BCUT2D eigenvalue weighted by Crippen LogP contribution is -2.03. The zero-order chi connectivity index (χ0) is 16.5. The molecule has 116 valence electrons. The number of hydrogen-bond acceptors (Lipinski definition) is 3. The fraction of sp³-hybridized carbons (Fsp3) is 0.400. The number of alkyl halides is 3. The standard InChI is InChI=1S/C13H16F3NOS.C2H2/c1-3-10(6-4-5-7-13(14,15)16)12-17-9(2)11(8-18)19-12;1-2/h3-5,18H,6-8H2,1-2H3;1-2H/b5-4-,10-3+;. The molecule has 0 spiro atoms. The van der Waals surface area contributed by atoms with E-state index in [9.17, 15) is 13.2 Å². The van der Waals surface area contributed by atoms with Gasteiger partial charge in [-0.25, -0.2) is 4.98 Å². The van der Waals surface area contributed by atoms with Crippen molar-refractivity contribution < 1.29 is 18.3 Å². The first-order valence-electron chi connectivity index (χ1n) is 6.15. The first-order chi connectivity index (χ1) is 9.87. The zero-order valence-electron chi connectivity index (χ0n) is 11.9. The summed E-state index contributed by atoms with van der Waals surface area (Å²) in [6, 6.07) is 0. The van der Waals surface area contributed by atoms with E-state index < -0.39 is 12.6 Å². The first-order valence-corrected chi connectivity index (χ1v) is 6.96. The summed E-state index contributed by atoms with van der Waals surface area (Å²) in [4.78, 5) is 5.10. The van der Waals surface area contributed by atoms with Gasteiger partial charge in [0.2, 0.25) is 0 Å². The van der Waals surface area contributed by atoms with Crippen LogP contribution >= 0.6 is 11.3 Å². The molecule has 0 aliphatic heterocycles.